The first kappa shape index (κ1) is 9.17. The van der Waals surface area contributed by atoms with Crippen LogP contribution in [0.25, 0.3) is 21.5 Å². The highest BCUT2D eigenvalue weighted by Crippen LogP contribution is 2.17. The van der Waals surface area contributed by atoms with E-state index in [-0.39, 0.29) is 11.1 Å². The molecule has 0 aromatic carbocycles. The van der Waals surface area contributed by atoms with Gasteiger partial charge < -0.3 is 4.98 Å². The number of hydrogen-bond donors (Lipinski definition) is 1. The predicted molar refractivity (Wildman–Crippen MR) is 49.5 cm³/mol. The number of nitrogens with zero attached hydrogens (tertiary/aromatic N) is 4. The summed E-state index contributed by atoms with van der Waals surface area (Å²) in [6.45, 7) is 0. The molecule has 1 amide bonds. The molecule has 0 aliphatic heterocycles. The number of pyridine rings is 1. The van der Waals surface area contributed by atoms with Crippen molar-refractivity contribution in [3.05, 3.63) is 40.3 Å². The van der Waals surface area contributed by atoms with E-state index in [0.717, 1.165) is 6.20 Å². The van der Waals surface area contributed by atoms with E-state index >= 15 is 0 Å². The van der Waals surface area contributed by atoms with Gasteiger partial charge in [0.1, 0.15) is 5.82 Å². The van der Waals surface area contributed by atoms with Crippen LogP contribution < -0.4 is 0 Å². The van der Waals surface area contributed by atoms with Crippen molar-refractivity contribution in [1.82, 2.24) is 9.97 Å². The van der Waals surface area contributed by atoms with Crippen LogP contribution in [0.2, 0.25) is 0 Å². The van der Waals surface area contributed by atoms with Gasteiger partial charge in [0.25, 0.3) is 5.91 Å². The number of nitrogens with one attached hydrogen (secondary N) is 1. The number of amides is 1. The second-order valence-corrected chi connectivity index (χ2v) is 2.75. The van der Waals surface area contributed by atoms with Crippen molar-refractivity contribution in [3.63, 3.8) is 0 Å². The third kappa shape index (κ3) is 1.51. The molecule has 0 atom stereocenters. The Hall–Kier alpha value is -2.40. The standard InChI is InChI=1S/C8H4FN5O/c9-4-1-6-7(12-2-4)5(3-11-6)8(15)13-14-10/h1-3,11H. The minimum Gasteiger partial charge on any atom is -0.359 e. The van der Waals surface area contributed by atoms with Crippen molar-refractivity contribution in [2.24, 2.45) is 5.11 Å². The SMILES string of the molecule is [N-]=[N+]=NC(=O)c1c[nH]c2cc(F)cnc12. The van der Waals surface area contributed by atoms with E-state index in [1.807, 2.05) is 0 Å². The van der Waals surface area contributed by atoms with Gasteiger partial charge in [-0.1, -0.05) is 0 Å². The van der Waals surface area contributed by atoms with Crippen molar-refractivity contribution < 1.29 is 9.18 Å². The van der Waals surface area contributed by atoms with E-state index in [4.69, 9.17) is 5.53 Å². The second kappa shape index (κ2) is 3.39. The van der Waals surface area contributed by atoms with Gasteiger partial charge in [0, 0.05) is 17.2 Å². The fourth-order valence-corrected chi connectivity index (χ4v) is 1.24. The Morgan fingerprint density at radius 2 is 2.47 bits per heavy atom. The first-order valence-corrected chi connectivity index (χ1v) is 3.94. The molecule has 0 saturated heterocycles. The number of hydrogen-bond acceptors (Lipinski definition) is 2. The van der Waals surface area contributed by atoms with E-state index in [9.17, 15) is 9.18 Å². The molecule has 0 aliphatic rings. The number of halogens is 1. The average molecular weight is 205 g/mol. The van der Waals surface area contributed by atoms with Gasteiger partial charge in [0.05, 0.1) is 22.8 Å². The summed E-state index contributed by atoms with van der Waals surface area (Å²) in [6, 6.07) is 1.20. The minimum absolute atomic E-state index is 0.128. The molecule has 0 unspecified atom stereocenters. The highest BCUT2D eigenvalue weighted by Gasteiger charge is 2.11. The van der Waals surface area contributed by atoms with Crippen LogP contribution in [0.15, 0.2) is 23.6 Å². The molecule has 2 heterocycles. The van der Waals surface area contributed by atoms with Crippen LogP contribution in [0.3, 0.4) is 0 Å². The highest BCUT2D eigenvalue weighted by atomic mass is 19.1. The van der Waals surface area contributed by atoms with E-state index in [0.29, 0.717) is 5.52 Å². The van der Waals surface area contributed by atoms with E-state index < -0.39 is 11.7 Å². The molecule has 0 spiro atoms. The number of H-pyrrole nitrogens is 1. The molecule has 0 fully saturated rings. The van der Waals surface area contributed by atoms with Gasteiger partial charge in [0.15, 0.2) is 0 Å². The Balaban J connectivity index is 2.63. The molecule has 2 rings (SSSR count). The summed E-state index contributed by atoms with van der Waals surface area (Å²) in [6.07, 6.45) is 2.32. The lowest BCUT2D eigenvalue weighted by Crippen LogP contribution is -1.92. The molecule has 1 N–H and O–H groups in total. The molecular weight excluding hydrogens is 201 g/mol. The molecule has 2 aromatic heterocycles. The van der Waals surface area contributed by atoms with Crippen molar-refractivity contribution in [2.75, 3.05) is 0 Å². The Morgan fingerprint density at radius 1 is 1.67 bits per heavy atom. The second-order valence-electron chi connectivity index (χ2n) is 2.75. The molecule has 74 valence electrons. The first-order valence-electron chi connectivity index (χ1n) is 3.94. The van der Waals surface area contributed by atoms with E-state index in [1.165, 1.54) is 12.3 Å². The third-order valence-corrected chi connectivity index (χ3v) is 1.85. The van der Waals surface area contributed by atoms with Gasteiger partial charge >= 0.3 is 0 Å². The smallest absolute Gasteiger partial charge is 0.252 e. The fraction of sp³-hybridized carbons (Fsp3) is 0. The Kier molecular flexibility index (Phi) is 2.07. The number of azide groups is 1. The van der Waals surface area contributed by atoms with Gasteiger partial charge in [-0.3, -0.25) is 9.78 Å². The summed E-state index contributed by atoms with van der Waals surface area (Å²) in [4.78, 5) is 20.0. The number of aromatic nitrogens is 2. The molecule has 2 aromatic rings. The maximum Gasteiger partial charge on any atom is 0.252 e. The number of carbonyl (C=O) groups excluding carboxylic acids is 1. The zero-order valence-corrected chi connectivity index (χ0v) is 7.31. The summed E-state index contributed by atoms with van der Waals surface area (Å²) in [5.74, 6) is -1.25. The van der Waals surface area contributed by atoms with Gasteiger partial charge in [-0.2, -0.15) is 0 Å². The maximum atomic E-state index is 12.7. The van der Waals surface area contributed by atoms with Crippen LogP contribution >= 0.6 is 0 Å². The quantitative estimate of drug-likeness (QED) is 0.438. The van der Waals surface area contributed by atoms with Crippen molar-refractivity contribution >= 4 is 16.9 Å². The Morgan fingerprint density at radius 3 is 3.20 bits per heavy atom. The van der Waals surface area contributed by atoms with Crippen molar-refractivity contribution in [1.29, 1.82) is 0 Å². The molecular formula is C8H4FN5O. The number of rotatable bonds is 1. The molecule has 7 heteroatoms. The van der Waals surface area contributed by atoms with Gasteiger partial charge in [-0.25, -0.2) is 4.39 Å². The largest absolute Gasteiger partial charge is 0.359 e. The first-order chi connectivity index (χ1) is 7.22. The van der Waals surface area contributed by atoms with Crippen LogP contribution in [0, 0.1) is 5.82 Å². The zero-order chi connectivity index (χ0) is 10.8. The van der Waals surface area contributed by atoms with Gasteiger partial charge in [0.2, 0.25) is 0 Å². The lowest BCUT2D eigenvalue weighted by Gasteiger charge is -1.91. The van der Waals surface area contributed by atoms with Crippen LogP contribution in [0.5, 0.6) is 0 Å². The topological polar surface area (TPSA) is 94.5 Å². The van der Waals surface area contributed by atoms with Crippen LogP contribution in [-0.4, -0.2) is 15.9 Å². The molecule has 0 aliphatic carbocycles. The van der Waals surface area contributed by atoms with Crippen molar-refractivity contribution in [2.45, 2.75) is 0 Å². The van der Waals surface area contributed by atoms with E-state index in [1.54, 1.807) is 0 Å². The summed E-state index contributed by atoms with van der Waals surface area (Å²) >= 11 is 0. The molecule has 15 heavy (non-hydrogen) atoms. The highest BCUT2D eigenvalue weighted by molar-refractivity contribution is 6.05. The molecule has 6 nitrogen and oxygen atoms in total. The zero-order valence-electron chi connectivity index (χ0n) is 7.31. The van der Waals surface area contributed by atoms with Crippen LogP contribution in [-0.2, 0) is 0 Å². The Labute approximate surface area is 82.4 Å². The van der Waals surface area contributed by atoms with Crippen LogP contribution in [0.1, 0.15) is 10.4 Å². The maximum absolute atomic E-state index is 12.7. The minimum atomic E-state index is -0.747. The number of fused-ring (bicyclic) bond motifs is 1. The lowest BCUT2D eigenvalue weighted by atomic mass is 10.2. The number of aromatic amines is 1. The summed E-state index contributed by atoms with van der Waals surface area (Å²) in [5, 5.41) is 2.93. The van der Waals surface area contributed by atoms with Crippen LogP contribution in [0.4, 0.5) is 4.39 Å². The normalized spacial score (nSPS) is 9.93. The Bertz CT molecular complexity index is 584. The molecule has 0 radical (unpaired) electrons. The van der Waals surface area contributed by atoms with Crippen molar-refractivity contribution in [3.8, 4) is 0 Å². The fourth-order valence-electron chi connectivity index (χ4n) is 1.24. The lowest BCUT2D eigenvalue weighted by molar-refractivity contribution is 0.100. The van der Waals surface area contributed by atoms with E-state index in [2.05, 4.69) is 20.0 Å². The summed E-state index contributed by atoms with van der Waals surface area (Å²) in [7, 11) is 0. The number of carbonyl (C=O) groups is 1. The summed E-state index contributed by atoms with van der Waals surface area (Å²) < 4.78 is 12.7. The van der Waals surface area contributed by atoms with Gasteiger partial charge in [-0.05, 0) is 10.6 Å². The van der Waals surface area contributed by atoms with Gasteiger partial charge in [-0.15, -0.1) is 0 Å². The average Bonchev–Trinajstić information content (AvgIpc) is 2.60. The third-order valence-electron chi connectivity index (χ3n) is 1.85. The molecule has 0 bridgehead atoms. The molecule has 0 saturated carbocycles. The summed E-state index contributed by atoms with van der Waals surface area (Å²) in [5.41, 5.74) is 8.89. The predicted octanol–water partition coefficient (Wildman–Crippen LogP) is 2.15. The monoisotopic (exact) mass is 205 g/mol.